The molecular weight excluding hydrogens is 322 g/mol. The first kappa shape index (κ1) is 18.9. The van der Waals surface area contributed by atoms with Gasteiger partial charge in [0.2, 0.25) is 5.91 Å². The monoisotopic (exact) mass is 353 g/mol. The lowest BCUT2D eigenvalue weighted by molar-refractivity contribution is -0.121. The number of rotatable bonds is 4. The zero-order valence-corrected chi connectivity index (χ0v) is 16.3. The third-order valence-electron chi connectivity index (χ3n) is 6.60. The first-order valence-corrected chi connectivity index (χ1v) is 9.86. The Morgan fingerprint density at radius 2 is 1.88 bits per heavy atom. The van der Waals surface area contributed by atoms with E-state index < -0.39 is 0 Å². The van der Waals surface area contributed by atoms with Crippen LogP contribution in [0.15, 0.2) is 30.3 Å². The molecule has 0 aromatic heterocycles. The van der Waals surface area contributed by atoms with Crippen LogP contribution in [0.2, 0.25) is 0 Å². The largest absolute Gasteiger partial charge is 0.351 e. The van der Waals surface area contributed by atoms with Gasteiger partial charge in [-0.15, -0.1) is 0 Å². The molecule has 1 saturated heterocycles. The topological polar surface area (TPSA) is 56.1 Å². The summed E-state index contributed by atoms with van der Waals surface area (Å²) in [5.74, 6) is 0.538. The molecule has 3 rings (SSSR count). The third kappa shape index (κ3) is 3.78. The van der Waals surface area contributed by atoms with E-state index in [0.29, 0.717) is 12.0 Å². The molecule has 2 aliphatic rings. The molecule has 0 radical (unpaired) electrons. The van der Waals surface area contributed by atoms with Crippen LogP contribution in [0, 0.1) is 17.2 Å². The summed E-state index contributed by atoms with van der Waals surface area (Å²) in [5.41, 5.74) is 0.703. The average molecular weight is 354 g/mol. The number of amides is 1. The summed E-state index contributed by atoms with van der Waals surface area (Å²) < 4.78 is 0. The molecule has 26 heavy (non-hydrogen) atoms. The van der Waals surface area contributed by atoms with Crippen molar-refractivity contribution in [3.8, 4) is 6.07 Å². The minimum absolute atomic E-state index is 0.0489. The molecule has 4 heteroatoms. The molecule has 1 amide bonds. The van der Waals surface area contributed by atoms with Crippen molar-refractivity contribution in [2.24, 2.45) is 5.92 Å². The van der Waals surface area contributed by atoms with E-state index in [2.05, 4.69) is 42.3 Å². The lowest BCUT2D eigenvalue weighted by Crippen LogP contribution is -2.50. The summed E-state index contributed by atoms with van der Waals surface area (Å²) in [6.45, 7) is 8.02. The van der Waals surface area contributed by atoms with E-state index in [1.807, 2.05) is 18.2 Å². The van der Waals surface area contributed by atoms with Crippen molar-refractivity contribution in [1.82, 2.24) is 10.2 Å². The van der Waals surface area contributed by atoms with Crippen molar-refractivity contribution in [1.29, 1.82) is 5.26 Å². The second-order valence-electron chi connectivity index (χ2n) is 8.67. The van der Waals surface area contributed by atoms with E-state index in [1.54, 1.807) is 6.92 Å². The normalized spacial score (nSPS) is 29.9. The molecule has 1 saturated carbocycles. The summed E-state index contributed by atoms with van der Waals surface area (Å²) in [6, 6.07) is 13.5. The second-order valence-corrected chi connectivity index (χ2v) is 8.67. The Morgan fingerprint density at radius 3 is 2.46 bits per heavy atom. The minimum Gasteiger partial charge on any atom is -0.351 e. The minimum atomic E-state index is -0.313. The zero-order valence-electron chi connectivity index (χ0n) is 16.3. The highest BCUT2D eigenvalue weighted by molar-refractivity contribution is 5.73. The molecule has 1 aromatic carbocycles. The summed E-state index contributed by atoms with van der Waals surface area (Å²) in [4.78, 5) is 14.1. The van der Waals surface area contributed by atoms with E-state index in [0.717, 1.165) is 45.2 Å². The summed E-state index contributed by atoms with van der Waals surface area (Å²) in [7, 11) is 0. The van der Waals surface area contributed by atoms with Gasteiger partial charge in [0, 0.05) is 25.0 Å². The van der Waals surface area contributed by atoms with Crippen molar-refractivity contribution < 1.29 is 4.79 Å². The lowest BCUT2D eigenvalue weighted by atomic mass is 9.69. The number of hydrogen-bond acceptors (Lipinski definition) is 3. The maximum absolute atomic E-state index is 11.5. The Labute approximate surface area is 157 Å². The van der Waals surface area contributed by atoms with Gasteiger partial charge in [-0.3, -0.25) is 4.79 Å². The van der Waals surface area contributed by atoms with E-state index in [4.69, 9.17) is 0 Å². The van der Waals surface area contributed by atoms with Crippen molar-refractivity contribution in [3.63, 3.8) is 0 Å². The number of carbonyl (C=O) groups is 1. The molecule has 0 bridgehead atoms. The molecule has 1 unspecified atom stereocenters. The fourth-order valence-electron chi connectivity index (χ4n) is 4.95. The van der Waals surface area contributed by atoms with Gasteiger partial charge < -0.3 is 10.2 Å². The average Bonchev–Trinajstić information content (AvgIpc) is 3.13. The van der Waals surface area contributed by atoms with Gasteiger partial charge in [0.15, 0.2) is 0 Å². The molecule has 1 aliphatic heterocycles. The maximum atomic E-state index is 11.5. The number of nitriles is 1. The Hall–Kier alpha value is -1.86. The molecule has 2 fully saturated rings. The van der Waals surface area contributed by atoms with Crippen molar-refractivity contribution >= 4 is 5.91 Å². The van der Waals surface area contributed by atoms with Gasteiger partial charge in [-0.2, -0.15) is 5.26 Å². The van der Waals surface area contributed by atoms with Crippen molar-refractivity contribution in [3.05, 3.63) is 35.9 Å². The van der Waals surface area contributed by atoms with Gasteiger partial charge in [-0.25, -0.2) is 0 Å². The lowest BCUT2D eigenvalue weighted by Gasteiger charge is -2.40. The summed E-state index contributed by atoms with van der Waals surface area (Å²) in [5, 5.41) is 13.0. The van der Waals surface area contributed by atoms with E-state index in [9.17, 15) is 10.1 Å². The van der Waals surface area contributed by atoms with Crippen LogP contribution in [0.5, 0.6) is 0 Å². The molecule has 0 spiro atoms. The fraction of sp³-hybridized carbons (Fsp3) is 0.636. The van der Waals surface area contributed by atoms with Gasteiger partial charge in [0.05, 0.1) is 11.5 Å². The van der Waals surface area contributed by atoms with Crippen LogP contribution < -0.4 is 5.32 Å². The van der Waals surface area contributed by atoms with Crippen molar-refractivity contribution in [2.75, 3.05) is 13.1 Å². The van der Waals surface area contributed by atoms with Gasteiger partial charge in [0.25, 0.3) is 0 Å². The SMILES string of the molecule is CC(=O)NC(C)(C)C1CCN(C2CCC(C#N)(c3ccccc3)CC2)C1. The Bertz CT molecular complexity index is 668. The number of likely N-dealkylation sites (tertiary alicyclic amines) is 1. The Kier molecular flexibility index (Phi) is 5.39. The summed E-state index contributed by atoms with van der Waals surface area (Å²) >= 11 is 0. The highest BCUT2D eigenvalue weighted by atomic mass is 16.1. The Morgan fingerprint density at radius 1 is 1.23 bits per heavy atom. The second kappa shape index (κ2) is 7.40. The summed E-state index contributed by atoms with van der Waals surface area (Å²) in [6.07, 6.45) is 5.17. The van der Waals surface area contributed by atoms with Crippen molar-refractivity contribution in [2.45, 2.75) is 69.9 Å². The van der Waals surface area contributed by atoms with E-state index in [1.165, 1.54) is 5.56 Å². The van der Waals surface area contributed by atoms with Crippen LogP contribution in [0.3, 0.4) is 0 Å². The number of benzene rings is 1. The molecular formula is C22H31N3O. The molecule has 1 N–H and O–H groups in total. The first-order chi connectivity index (χ1) is 12.4. The van der Waals surface area contributed by atoms with E-state index in [-0.39, 0.29) is 16.9 Å². The van der Waals surface area contributed by atoms with Crippen LogP contribution in [-0.2, 0) is 10.2 Å². The van der Waals surface area contributed by atoms with Gasteiger partial charge in [-0.05, 0) is 64.0 Å². The number of nitrogens with one attached hydrogen (secondary N) is 1. The molecule has 1 aromatic rings. The first-order valence-electron chi connectivity index (χ1n) is 9.86. The van der Waals surface area contributed by atoms with Crippen LogP contribution in [0.4, 0.5) is 0 Å². The highest BCUT2D eigenvalue weighted by Gasteiger charge is 2.42. The third-order valence-corrected chi connectivity index (χ3v) is 6.60. The quantitative estimate of drug-likeness (QED) is 0.899. The molecule has 4 nitrogen and oxygen atoms in total. The highest BCUT2D eigenvalue weighted by Crippen LogP contribution is 2.41. The fourth-order valence-corrected chi connectivity index (χ4v) is 4.95. The molecule has 140 valence electrons. The van der Waals surface area contributed by atoms with Gasteiger partial charge in [-0.1, -0.05) is 30.3 Å². The predicted molar refractivity (Wildman–Crippen MR) is 104 cm³/mol. The number of carbonyl (C=O) groups excluding carboxylic acids is 1. The predicted octanol–water partition coefficient (Wildman–Crippen LogP) is 3.63. The number of nitrogens with zero attached hydrogens (tertiary/aromatic N) is 2. The van der Waals surface area contributed by atoms with Crippen LogP contribution in [-0.4, -0.2) is 35.5 Å². The molecule has 1 heterocycles. The van der Waals surface area contributed by atoms with Gasteiger partial charge in [0.1, 0.15) is 0 Å². The molecule has 1 aliphatic carbocycles. The Balaban J connectivity index is 1.61. The van der Waals surface area contributed by atoms with Crippen LogP contribution in [0.1, 0.15) is 58.4 Å². The van der Waals surface area contributed by atoms with Crippen LogP contribution >= 0.6 is 0 Å². The standard InChI is InChI=1S/C22H31N3O/c1-17(26)24-21(2,3)19-11-14-25(15-19)20-9-12-22(16-23,13-10-20)18-7-5-4-6-8-18/h4-8,19-20H,9-15H2,1-3H3,(H,24,26). The number of hydrogen-bond donors (Lipinski definition) is 1. The van der Waals surface area contributed by atoms with E-state index >= 15 is 0 Å². The molecule has 1 atom stereocenters. The maximum Gasteiger partial charge on any atom is 0.217 e. The van der Waals surface area contributed by atoms with Crippen LogP contribution in [0.25, 0.3) is 0 Å². The van der Waals surface area contributed by atoms with Gasteiger partial charge >= 0.3 is 0 Å². The smallest absolute Gasteiger partial charge is 0.217 e. The zero-order chi connectivity index (χ0) is 18.8.